The van der Waals surface area contributed by atoms with Gasteiger partial charge in [-0.05, 0) is 37.1 Å². The highest BCUT2D eigenvalue weighted by molar-refractivity contribution is 6.01. The fourth-order valence-electron chi connectivity index (χ4n) is 2.19. The summed E-state index contributed by atoms with van der Waals surface area (Å²) in [6, 6.07) is 5.18. The molecule has 1 atom stereocenters. The second kappa shape index (κ2) is 5.74. The molecule has 0 aromatic heterocycles. The van der Waals surface area contributed by atoms with Crippen LogP contribution in [-0.4, -0.2) is 29.3 Å². The van der Waals surface area contributed by atoms with Gasteiger partial charge in [0, 0.05) is 12.2 Å². The number of hydrogen-bond donors (Lipinski definition) is 1. The lowest BCUT2D eigenvalue weighted by atomic mass is 10.1. The molecule has 0 saturated heterocycles. The Bertz CT molecular complexity index is 590. The average Bonchev–Trinajstić information content (AvgIpc) is 2.92. The summed E-state index contributed by atoms with van der Waals surface area (Å²) in [7, 11) is 0. The van der Waals surface area contributed by atoms with Crippen molar-refractivity contribution in [1.82, 2.24) is 4.90 Å². The minimum Gasteiger partial charge on any atom is -0.324 e. The van der Waals surface area contributed by atoms with Gasteiger partial charge < -0.3 is 10.2 Å². The SMILES string of the molecule is C=CC(=O)N1CC=C[C@H]1C(=O)Nc1cccc(C)c1C. The first-order chi connectivity index (χ1) is 9.54. The minimum absolute atomic E-state index is 0.206. The molecule has 0 spiro atoms. The lowest BCUT2D eigenvalue weighted by molar-refractivity contribution is -0.131. The molecule has 4 heteroatoms. The number of hydrogen-bond acceptors (Lipinski definition) is 2. The minimum atomic E-state index is -0.569. The maximum absolute atomic E-state index is 12.3. The van der Waals surface area contributed by atoms with E-state index in [1.165, 1.54) is 11.0 Å². The Balaban J connectivity index is 2.15. The molecule has 0 bridgehead atoms. The lowest BCUT2D eigenvalue weighted by Gasteiger charge is -2.23. The van der Waals surface area contributed by atoms with Crippen LogP contribution in [0.15, 0.2) is 43.0 Å². The third-order valence-electron chi connectivity index (χ3n) is 3.55. The molecule has 1 heterocycles. The number of carbonyl (C=O) groups excluding carboxylic acids is 2. The summed E-state index contributed by atoms with van der Waals surface area (Å²) in [6.07, 6.45) is 4.78. The van der Waals surface area contributed by atoms with Crippen LogP contribution in [0.4, 0.5) is 5.69 Å². The van der Waals surface area contributed by atoms with Crippen LogP contribution in [-0.2, 0) is 9.59 Å². The largest absolute Gasteiger partial charge is 0.324 e. The number of nitrogens with zero attached hydrogens (tertiary/aromatic N) is 1. The molecule has 0 unspecified atom stereocenters. The van der Waals surface area contributed by atoms with E-state index in [1.54, 1.807) is 6.08 Å². The molecule has 0 aliphatic carbocycles. The van der Waals surface area contributed by atoms with Crippen LogP contribution >= 0.6 is 0 Å². The highest BCUT2D eigenvalue weighted by atomic mass is 16.2. The predicted molar refractivity (Wildman–Crippen MR) is 79.4 cm³/mol. The highest BCUT2D eigenvalue weighted by Crippen LogP contribution is 2.20. The Labute approximate surface area is 118 Å². The van der Waals surface area contributed by atoms with E-state index >= 15 is 0 Å². The standard InChI is InChI=1S/C16H18N2O2/c1-4-15(19)18-10-6-9-14(18)16(20)17-13-8-5-7-11(2)12(13)3/h4-9,14H,1,10H2,2-3H3,(H,17,20)/t14-/m0/s1. The molecule has 1 aliphatic heterocycles. The smallest absolute Gasteiger partial charge is 0.251 e. The van der Waals surface area contributed by atoms with E-state index in [0.717, 1.165) is 16.8 Å². The monoisotopic (exact) mass is 270 g/mol. The molecule has 20 heavy (non-hydrogen) atoms. The van der Waals surface area contributed by atoms with Crippen LogP contribution in [0.3, 0.4) is 0 Å². The molecule has 0 radical (unpaired) electrons. The quantitative estimate of drug-likeness (QED) is 0.676. The summed E-state index contributed by atoms with van der Waals surface area (Å²) in [5.74, 6) is -0.446. The van der Waals surface area contributed by atoms with Gasteiger partial charge in [0.1, 0.15) is 6.04 Å². The number of benzene rings is 1. The molecule has 2 amide bonds. The maximum atomic E-state index is 12.3. The fraction of sp³-hybridized carbons (Fsp3) is 0.250. The molecule has 1 aromatic rings. The van der Waals surface area contributed by atoms with E-state index in [1.807, 2.05) is 38.1 Å². The molecule has 0 saturated carbocycles. The number of anilines is 1. The molecule has 1 aliphatic rings. The van der Waals surface area contributed by atoms with Crippen molar-refractivity contribution >= 4 is 17.5 Å². The highest BCUT2D eigenvalue weighted by Gasteiger charge is 2.29. The number of aryl methyl sites for hydroxylation is 1. The van der Waals surface area contributed by atoms with Crippen molar-refractivity contribution in [1.29, 1.82) is 0 Å². The zero-order chi connectivity index (χ0) is 14.7. The van der Waals surface area contributed by atoms with Gasteiger partial charge in [-0.1, -0.05) is 30.9 Å². The summed E-state index contributed by atoms with van der Waals surface area (Å²) in [4.78, 5) is 25.5. The van der Waals surface area contributed by atoms with Crippen LogP contribution in [0.2, 0.25) is 0 Å². The molecular formula is C16H18N2O2. The van der Waals surface area contributed by atoms with Gasteiger partial charge in [0.15, 0.2) is 0 Å². The summed E-state index contributed by atoms with van der Waals surface area (Å²) < 4.78 is 0. The van der Waals surface area contributed by atoms with Crippen molar-refractivity contribution in [2.24, 2.45) is 0 Å². The third kappa shape index (κ3) is 2.64. The Morgan fingerprint density at radius 1 is 1.40 bits per heavy atom. The number of carbonyl (C=O) groups is 2. The van der Waals surface area contributed by atoms with E-state index in [0.29, 0.717) is 6.54 Å². The molecule has 1 N–H and O–H groups in total. The van der Waals surface area contributed by atoms with Crippen LogP contribution in [0.25, 0.3) is 0 Å². The lowest BCUT2D eigenvalue weighted by Crippen LogP contribution is -2.42. The maximum Gasteiger partial charge on any atom is 0.251 e. The second-order valence-electron chi connectivity index (χ2n) is 4.80. The van der Waals surface area contributed by atoms with E-state index in [4.69, 9.17) is 0 Å². The molecule has 1 aromatic carbocycles. The number of nitrogens with one attached hydrogen (secondary N) is 1. The van der Waals surface area contributed by atoms with Crippen molar-refractivity contribution in [3.8, 4) is 0 Å². The molecule has 2 rings (SSSR count). The van der Waals surface area contributed by atoms with Gasteiger partial charge in [0.2, 0.25) is 5.91 Å². The Morgan fingerprint density at radius 3 is 2.85 bits per heavy atom. The zero-order valence-electron chi connectivity index (χ0n) is 11.7. The topological polar surface area (TPSA) is 49.4 Å². The molecule has 104 valence electrons. The van der Waals surface area contributed by atoms with Crippen molar-refractivity contribution in [3.63, 3.8) is 0 Å². The van der Waals surface area contributed by atoms with Crippen molar-refractivity contribution in [2.45, 2.75) is 19.9 Å². The summed E-state index contributed by atoms with van der Waals surface area (Å²) >= 11 is 0. The first kappa shape index (κ1) is 14.1. The van der Waals surface area contributed by atoms with E-state index < -0.39 is 6.04 Å². The van der Waals surface area contributed by atoms with Crippen molar-refractivity contribution < 1.29 is 9.59 Å². The first-order valence-corrected chi connectivity index (χ1v) is 6.51. The Kier molecular flexibility index (Phi) is 4.03. The van der Waals surface area contributed by atoms with Crippen LogP contribution < -0.4 is 5.32 Å². The normalized spacial score (nSPS) is 17.1. The summed E-state index contributed by atoms with van der Waals surface area (Å²) in [6.45, 7) is 7.85. The second-order valence-corrected chi connectivity index (χ2v) is 4.80. The van der Waals surface area contributed by atoms with E-state index in [9.17, 15) is 9.59 Å². The van der Waals surface area contributed by atoms with Gasteiger partial charge >= 0.3 is 0 Å². The van der Waals surface area contributed by atoms with Gasteiger partial charge in [-0.25, -0.2) is 0 Å². The first-order valence-electron chi connectivity index (χ1n) is 6.51. The number of rotatable bonds is 3. The summed E-state index contributed by atoms with van der Waals surface area (Å²) in [5.41, 5.74) is 2.93. The van der Waals surface area contributed by atoms with Crippen molar-refractivity contribution in [2.75, 3.05) is 11.9 Å². The van der Waals surface area contributed by atoms with Gasteiger partial charge in [-0.3, -0.25) is 9.59 Å². The Hall–Kier alpha value is -2.36. The van der Waals surface area contributed by atoms with Crippen LogP contribution in [0.5, 0.6) is 0 Å². The van der Waals surface area contributed by atoms with Gasteiger partial charge in [-0.15, -0.1) is 0 Å². The molecule has 0 fully saturated rings. The molecule has 4 nitrogen and oxygen atoms in total. The summed E-state index contributed by atoms with van der Waals surface area (Å²) in [5, 5.41) is 2.88. The Morgan fingerprint density at radius 2 is 2.15 bits per heavy atom. The van der Waals surface area contributed by atoms with Crippen LogP contribution in [0, 0.1) is 13.8 Å². The zero-order valence-corrected chi connectivity index (χ0v) is 11.7. The van der Waals surface area contributed by atoms with E-state index in [2.05, 4.69) is 11.9 Å². The third-order valence-corrected chi connectivity index (χ3v) is 3.55. The van der Waals surface area contributed by atoms with Gasteiger partial charge in [0.25, 0.3) is 5.91 Å². The fourth-order valence-corrected chi connectivity index (χ4v) is 2.19. The number of amides is 2. The van der Waals surface area contributed by atoms with E-state index in [-0.39, 0.29) is 11.8 Å². The predicted octanol–water partition coefficient (Wildman–Crippen LogP) is 2.19. The average molecular weight is 270 g/mol. The molecular weight excluding hydrogens is 252 g/mol. The van der Waals surface area contributed by atoms with Crippen LogP contribution in [0.1, 0.15) is 11.1 Å². The van der Waals surface area contributed by atoms with Crippen molar-refractivity contribution in [3.05, 3.63) is 54.1 Å². The van der Waals surface area contributed by atoms with Gasteiger partial charge in [0.05, 0.1) is 0 Å². The van der Waals surface area contributed by atoms with Gasteiger partial charge in [-0.2, -0.15) is 0 Å².